The summed E-state index contributed by atoms with van der Waals surface area (Å²) in [6.07, 6.45) is 1.95. The van der Waals surface area contributed by atoms with Crippen LogP contribution in [0.4, 0.5) is 5.69 Å². The Hall–Kier alpha value is -2.66. The maximum Gasteiger partial charge on any atom is 0.251 e. The Balaban J connectivity index is 1.61. The van der Waals surface area contributed by atoms with Crippen molar-refractivity contribution >= 4 is 17.5 Å². The second-order valence-corrected chi connectivity index (χ2v) is 7.20. The molecule has 2 amide bonds. The Morgan fingerprint density at radius 1 is 1.00 bits per heavy atom. The van der Waals surface area contributed by atoms with Crippen molar-refractivity contribution in [3.63, 3.8) is 0 Å². The lowest BCUT2D eigenvalue weighted by Gasteiger charge is -2.30. The number of benzene rings is 2. The number of nitrogens with zero attached hydrogens (tertiary/aromatic N) is 1. The molecule has 1 aliphatic rings. The summed E-state index contributed by atoms with van der Waals surface area (Å²) in [4.78, 5) is 26.8. The third-order valence-corrected chi connectivity index (χ3v) is 5.26. The van der Waals surface area contributed by atoms with Gasteiger partial charge in [0.05, 0.1) is 6.04 Å². The first kappa shape index (κ1) is 20.1. The molecule has 28 heavy (non-hydrogen) atoms. The van der Waals surface area contributed by atoms with E-state index in [0.717, 1.165) is 31.6 Å². The predicted octanol–water partition coefficient (Wildman–Crippen LogP) is 3.85. The van der Waals surface area contributed by atoms with Gasteiger partial charge in [-0.3, -0.25) is 14.5 Å². The zero-order valence-electron chi connectivity index (χ0n) is 16.7. The van der Waals surface area contributed by atoms with Gasteiger partial charge in [-0.2, -0.15) is 0 Å². The molecule has 3 rings (SSSR count). The lowest BCUT2D eigenvalue weighted by Crippen LogP contribution is -2.38. The van der Waals surface area contributed by atoms with E-state index in [-0.39, 0.29) is 23.8 Å². The molecule has 1 aliphatic carbocycles. The number of rotatable bonds is 9. The molecule has 0 saturated heterocycles. The molecule has 148 valence electrons. The van der Waals surface area contributed by atoms with E-state index in [1.807, 2.05) is 18.2 Å². The fraction of sp³-hybridized carbons (Fsp3) is 0.391. The minimum absolute atomic E-state index is 0.0714. The number of hydrogen-bond acceptors (Lipinski definition) is 3. The number of nitrogens with one attached hydrogen (secondary N) is 2. The Morgan fingerprint density at radius 3 is 2.21 bits per heavy atom. The minimum atomic E-state index is -0.104. The van der Waals surface area contributed by atoms with Gasteiger partial charge in [0, 0.05) is 23.7 Å². The maximum absolute atomic E-state index is 12.6. The van der Waals surface area contributed by atoms with Gasteiger partial charge in [0.2, 0.25) is 5.91 Å². The van der Waals surface area contributed by atoms with Gasteiger partial charge < -0.3 is 10.6 Å². The number of hydrogen-bond donors (Lipinski definition) is 2. The Bertz CT molecular complexity index is 781. The monoisotopic (exact) mass is 379 g/mol. The normalized spacial score (nSPS) is 14.5. The van der Waals surface area contributed by atoms with Crippen LogP contribution in [0.5, 0.6) is 0 Å². The third kappa shape index (κ3) is 5.20. The fourth-order valence-corrected chi connectivity index (χ4v) is 3.38. The molecule has 2 aromatic rings. The first-order valence-corrected chi connectivity index (χ1v) is 10.1. The van der Waals surface area contributed by atoms with Crippen LogP contribution in [0.1, 0.15) is 48.7 Å². The van der Waals surface area contributed by atoms with E-state index in [1.54, 1.807) is 24.3 Å². The summed E-state index contributed by atoms with van der Waals surface area (Å²) >= 11 is 0. The number of amides is 2. The molecule has 0 spiro atoms. The van der Waals surface area contributed by atoms with Gasteiger partial charge in [-0.05, 0) is 55.8 Å². The van der Waals surface area contributed by atoms with Crippen LogP contribution in [-0.2, 0) is 4.79 Å². The average molecular weight is 380 g/mol. The van der Waals surface area contributed by atoms with Crippen molar-refractivity contribution in [2.24, 2.45) is 5.92 Å². The Kier molecular flexibility index (Phi) is 6.82. The molecule has 0 bridgehead atoms. The predicted molar refractivity (Wildman–Crippen MR) is 112 cm³/mol. The van der Waals surface area contributed by atoms with Gasteiger partial charge in [0.1, 0.15) is 0 Å². The van der Waals surface area contributed by atoms with E-state index in [2.05, 4.69) is 41.5 Å². The summed E-state index contributed by atoms with van der Waals surface area (Å²) in [7, 11) is 0. The molecule has 1 unspecified atom stereocenters. The molecule has 1 saturated carbocycles. The summed E-state index contributed by atoms with van der Waals surface area (Å²) in [5, 5.41) is 5.96. The van der Waals surface area contributed by atoms with Gasteiger partial charge in [-0.1, -0.05) is 44.2 Å². The van der Waals surface area contributed by atoms with Gasteiger partial charge in [0.25, 0.3) is 5.91 Å². The minimum Gasteiger partial charge on any atom is -0.350 e. The van der Waals surface area contributed by atoms with Crippen molar-refractivity contribution in [1.82, 2.24) is 10.2 Å². The smallest absolute Gasteiger partial charge is 0.251 e. The van der Waals surface area contributed by atoms with Crippen molar-refractivity contribution < 1.29 is 9.59 Å². The SMILES string of the molecule is CCN(CC)C(CNC(=O)c1ccc(NC(=O)C2CC2)cc1)c1ccccc1. The second-order valence-electron chi connectivity index (χ2n) is 7.20. The van der Waals surface area contributed by atoms with Gasteiger partial charge in [0.15, 0.2) is 0 Å². The molecule has 0 heterocycles. The van der Waals surface area contributed by atoms with Crippen molar-refractivity contribution in [2.75, 3.05) is 25.0 Å². The molecule has 0 aromatic heterocycles. The first-order valence-electron chi connectivity index (χ1n) is 10.1. The highest BCUT2D eigenvalue weighted by atomic mass is 16.2. The molecule has 5 nitrogen and oxygen atoms in total. The average Bonchev–Trinajstić information content (AvgIpc) is 3.57. The molecule has 2 aromatic carbocycles. The van der Waals surface area contributed by atoms with Crippen LogP contribution in [0.3, 0.4) is 0 Å². The number of carbonyl (C=O) groups is 2. The van der Waals surface area contributed by atoms with Crippen LogP contribution in [-0.4, -0.2) is 36.3 Å². The largest absolute Gasteiger partial charge is 0.350 e. The zero-order valence-corrected chi connectivity index (χ0v) is 16.7. The summed E-state index contributed by atoms with van der Waals surface area (Å²) in [6.45, 7) is 6.65. The van der Waals surface area contributed by atoms with E-state index >= 15 is 0 Å². The summed E-state index contributed by atoms with van der Waals surface area (Å²) in [6, 6.07) is 17.5. The van der Waals surface area contributed by atoms with Crippen LogP contribution >= 0.6 is 0 Å². The summed E-state index contributed by atoms with van der Waals surface area (Å²) < 4.78 is 0. The number of anilines is 1. The quantitative estimate of drug-likeness (QED) is 0.696. The van der Waals surface area contributed by atoms with E-state index in [0.29, 0.717) is 12.1 Å². The van der Waals surface area contributed by atoms with Crippen LogP contribution in [0, 0.1) is 5.92 Å². The van der Waals surface area contributed by atoms with Crippen molar-refractivity contribution in [2.45, 2.75) is 32.7 Å². The van der Waals surface area contributed by atoms with Crippen LogP contribution in [0.15, 0.2) is 54.6 Å². The van der Waals surface area contributed by atoms with Gasteiger partial charge in [-0.25, -0.2) is 0 Å². The standard InChI is InChI=1S/C23H29N3O2/c1-3-26(4-2)21(17-8-6-5-7-9-17)16-24-22(27)18-12-14-20(15-13-18)25-23(28)19-10-11-19/h5-9,12-15,19,21H,3-4,10-11,16H2,1-2H3,(H,24,27)(H,25,28). The third-order valence-electron chi connectivity index (χ3n) is 5.26. The topological polar surface area (TPSA) is 61.4 Å². The zero-order chi connectivity index (χ0) is 19.9. The van der Waals surface area contributed by atoms with Crippen molar-refractivity contribution in [3.8, 4) is 0 Å². The van der Waals surface area contributed by atoms with Crippen LogP contribution < -0.4 is 10.6 Å². The molecule has 0 aliphatic heterocycles. The van der Waals surface area contributed by atoms with Gasteiger partial charge in [-0.15, -0.1) is 0 Å². The molecule has 0 radical (unpaired) electrons. The lowest BCUT2D eigenvalue weighted by atomic mass is 10.0. The summed E-state index contributed by atoms with van der Waals surface area (Å²) in [5.41, 5.74) is 2.53. The highest BCUT2D eigenvalue weighted by Crippen LogP contribution is 2.30. The number of likely N-dealkylation sites (N-methyl/N-ethyl adjacent to an activating group) is 1. The lowest BCUT2D eigenvalue weighted by molar-refractivity contribution is -0.117. The number of carbonyl (C=O) groups excluding carboxylic acids is 2. The highest BCUT2D eigenvalue weighted by Gasteiger charge is 2.29. The van der Waals surface area contributed by atoms with Crippen molar-refractivity contribution in [3.05, 3.63) is 65.7 Å². The Labute approximate surface area is 167 Å². The molecule has 5 heteroatoms. The second kappa shape index (κ2) is 9.51. The summed E-state index contributed by atoms with van der Waals surface area (Å²) in [5.74, 6) is 0.133. The highest BCUT2D eigenvalue weighted by molar-refractivity contribution is 5.96. The Morgan fingerprint density at radius 2 is 1.64 bits per heavy atom. The first-order chi connectivity index (χ1) is 13.6. The van der Waals surface area contributed by atoms with E-state index < -0.39 is 0 Å². The van der Waals surface area contributed by atoms with Gasteiger partial charge >= 0.3 is 0 Å². The van der Waals surface area contributed by atoms with Crippen LogP contribution in [0.2, 0.25) is 0 Å². The molecular weight excluding hydrogens is 350 g/mol. The van der Waals surface area contributed by atoms with Crippen LogP contribution in [0.25, 0.3) is 0 Å². The molecular formula is C23H29N3O2. The van der Waals surface area contributed by atoms with E-state index in [1.165, 1.54) is 5.56 Å². The molecule has 1 atom stereocenters. The van der Waals surface area contributed by atoms with E-state index in [4.69, 9.17) is 0 Å². The molecule has 1 fully saturated rings. The molecule has 2 N–H and O–H groups in total. The maximum atomic E-state index is 12.6. The van der Waals surface area contributed by atoms with E-state index in [9.17, 15) is 9.59 Å². The fourth-order valence-electron chi connectivity index (χ4n) is 3.38. The van der Waals surface area contributed by atoms with Crippen molar-refractivity contribution in [1.29, 1.82) is 0 Å².